The van der Waals surface area contributed by atoms with Crippen molar-refractivity contribution in [1.29, 1.82) is 0 Å². The summed E-state index contributed by atoms with van der Waals surface area (Å²) in [5, 5.41) is 28.6. The summed E-state index contributed by atoms with van der Waals surface area (Å²) < 4.78 is 7.59. The minimum atomic E-state index is -0.996. The molecule has 5 N–H and O–H groups in total. The van der Waals surface area contributed by atoms with Gasteiger partial charge in [-0.3, -0.25) is 28.7 Å². The van der Waals surface area contributed by atoms with Gasteiger partial charge in [0.15, 0.2) is 5.82 Å². The molecule has 0 bridgehead atoms. The topological polar surface area (TPSA) is 209 Å². The second kappa shape index (κ2) is 19.6. The fourth-order valence-corrected chi connectivity index (χ4v) is 9.00. The lowest BCUT2D eigenvalue weighted by atomic mass is 9.85. The van der Waals surface area contributed by atoms with Crippen molar-refractivity contribution in [2.24, 2.45) is 10.4 Å². The van der Waals surface area contributed by atoms with E-state index in [1.165, 1.54) is 4.90 Å². The van der Waals surface area contributed by atoms with Crippen molar-refractivity contribution in [3.8, 4) is 16.3 Å². The highest BCUT2D eigenvalue weighted by molar-refractivity contribution is 7.13. The fraction of sp³-hybridized carbons (Fsp3) is 0.435. The molecule has 4 atom stereocenters. The maximum absolute atomic E-state index is 14.0. The number of aliphatic hydroxyl groups excluding tert-OH is 1. The quantitative estimate of drug-likeness (QED) is 0.0872. The van der Waals surface area contributed by atoms with Gasteiger partial charge in [-0.15, -0.1) is 21.5 Å². The molecule has 2 aromatic carbocycles. The number of aryl methyl sites for hydroxylation is 3. The number of ether oxygens (including phenoxy) is 1. The summed E-state index contributed by atoms with van der Waals surface area (Å²) in [6.07, 6.45) is -0.374. The summed E-state index contributed by atoms with van der Waals surface area (Å²) in [5.41, 5.74) is 8.46. The number of H-pyrrole nitrogens is 1. The second-order valence-corrected chi connectivity index (χ2v) is 18.7. The average Bonchev–Trinajstić information content (AvgIpc) is 4.02. The van der Waals surface area contributed by atoms with E-state index in [9.17, 15) is 24.3 Å². The van der Waals surface area contributed by atoms with Crippen LogP contribution in [0.2, 0.25) is 5.02 Å². The number of rotatable bonds is 15. The molecule has 5 aromatic rings. The van der Waals surface area contributed by atoms with E-state index in [1.807, 2.05) is 107 Å². The molecule has 7 rings (SSSR count). The van der Waals surface area contributed by atoms with E-state index < -0.39 is 41.5 Å². The van der Waals surface area contributed by atoms with Crippen molar-refractivity contribution in [1.82, 2.24) is 45.6 Å². The monoisotopic (exact) mass is 910 g/mol. The number of aromatic nitrogens is 5. The van der Waals surface area contributed by atoms with Crippen LogP contribution >= 0.6 is 22.9 Å². The number of hydrogen-bond donors (Lipinski definition) is 5. The Labute approximate surface area is 381 Å². The third-order valence-electron chi connectivity index (χ3n) is 11.6. The summed E-state index contributed by atoms with van der Waals surface area (Å²) >= 11 is 7.80. The molecule has 64 heavy (non-hydrogen) atoms. The number of benzene rings is 2. The van der Waals surface area contributed by atoms with E-state index in [1.54, 1.807) is 11.3 Å². The molecule has 18 heteroatoms. The molecular weight excluding hydrogens is 856 g/mol. The minimum Gasteiger partial charge on any atom is -0.391 e. The molecule has 4 amide bonds. The number of likely N-dealkylation sites (tertiary alicyclic amines) is 1. The Morgan fingerprint density at radius 3 is 2.39 bits per heavy atom. The Bertz CT molecular complexity index is 2540. The average molecular weight is 912 g/mol. The largest absolute Gasteiger partial charge is 0.391 e. The molecular formula is C46H55ClN10O6S. The van der Waals surface area contributed by atoms with Gasteiger partial charge in [0.25, 0.3) is 0 Å². The van der Waals surface area contributed by atoms with Crippen molar-refractivity contribution in [3.63, 3.8) is 0 Å². The van der Waals surface area contributed by atoms with Crippen LogP contribution in [0.25, 0.3) is 16.3 Å². The van der Waals surface area contributed by atoms with Crippen LogP contribution in [0.3, 0.4) is 0 Å². The number of nitrogens with one attached hydrogen (secondary N) is 4. The lowest BCUT2D eigenvalue weighted by molar-refractivity contribution is -0.144. The molecule has 0 spiro atoms. The molecule has 2 unspecified atom stereocenters. The fourth-order valence-electron chi connectivity index (χ4n) is 8.07. The summed E-state index contributed by atoms with van der Waals surface area (Å²) in [4.78, 5) is 69.4. The van der Waals surface area contributed by atoms with Gasteiger partial charge in [-0.05, 0) is 68.4 Å². The summed E-state index contributed by atoms with van der Waals surface area (Å²) in [7, 11) is 0. The van der Waals surface area contributed by atoms with E-state index in [-0.39, 0.29) is 57.5 Å². The van der Waals surface area contributed by atoms with E-state index in [0.29, 0.717) is 23.1 Å². The maximum Gasteiger partial charge on any atom is 0.246 e. The zero-order valence-corrected chi connectivity index (χ0v) is 38.7. The first kappa shape index (κ1) is 46.2. The van der Waals surface area contributed by atoms with Gasteiger partial charge in [-0.25, -0.2) is 4.98 Å². The van der Waals surface area contributed by atoms with Gasteiger partial charge in [0.1, 0.15) is 36.4 Å². The molecule has 5 heterocycles. The van der Waals surface area contributed by atoms with E-state index in [4.69, 9.17) is 21.3 Å². The van der Waals surface area contributed by atoms with Crippen molar-refractivity contribution in [2.75, 3.05) is 26.3 Å². The van der Waals surface area contributed by atoms with Gasteiger partial charge in [0.2, 0.25) is 23.6 Å². The highest BCUT2D eigenvalue weighted by atomic mass is 35.5. The van der Waals surface area contributed by atoms with Crippen LogP contribution in [0.1, 0.15) is 91.4 Å². The Morgan fingerprint density at radius 2 is 1.70 bits per heavy atom. The standard InChI is InChI=1S/C46H55ClN10O6S/c1-25-26(2)51-43-38(25)39(30-13-15-32(47)16-14-30)52-34(42-55-54-28(4)57(42)43)20-36(59)48-17-8-18-63-23-37(60)53-41(46(5,6)7)45(62)56-22-33(58)19-35(56)44(61)49-21-29-9-11-31(12-10-29)40-27(3)50-24-64-40/h9-16,24,33-35,41,51,58H,8,17-23H2,1-7H3,(H,48,59)(H,49,61)(H,53,60)/t33-,34?,35+,41?/m1/s1. The van der Waals surface area contributed by atoms with Crippen molar-refractivity contribution < 1.29 is 29.0 Å². The predicted molar refractivity (Wildman–Crippen MR) is 244 cm³/mol. The molecule has 3 aromatic heterocycles. The third kappa shape index (κ3) is 10.3. The van der Waals surface area contributed by atoms with Crippen LogP contribution in [0.5, 0.6) is 0 Å². The minimum absolute atomic E-state index is 0.0156. The van der Waals surface area contributed by atoms with Crippen LogP contribution in [-0.2, 0) is 30.5 Å². The number of aliphatic imine (C=N–C) groups is 1. The first-order valence-corrected chi connectivity index (χ1v) is 22.6. The van der Waals surface area contributed by atoms with Crippen LogP contribution in [0, 0.1) is 33.1 Å². The van der Waals surface area contributed by atoms with Crippen LogP contribution < -0.4 is 16.0 Å². The van der Waals surface area contributed by atoms with E-state index in [0.717, 1.165) is 55.6 Å². The van der Waals surface area contributed by atoms with Gasteiger partial charge in [-0.2, -0.15) is 0 Å². The Balaban J connectivity index is 0.896. The second-order valence-electron chi connectivity index (χ2n) is 17.4. The predicted octanol–water partition coefficient (Wildman–Crippen LogP) is 5.22. The lowest BCUT2D eigenvalue weighted by Crippen LogP contribution is -2.58. The lowest BCUT2D eigenvalue weighted by Gasteiger charge is -2.35. The number of nitrogens with zero attached hydrogens (tertiary/aromatic N) is 6. The number of aromatic amines is 1. The van der Waals surface area contributed by atoms with Crippen molar-refractivity contribution in [3.05, 3.63) is 104 Å². The molecule has 0 saturated carbocycles. The summed E-state index contributed by atoms with van der Waals surface area (Å²) in [6, 6.07) is 12.8. The zero-order chi connectivity index (χ0) is 45.9. The molecule has 338 valence electrons. The number of hydrogen-bond acceptors (Lipinski definition) is 11. The smallest absolute Gasteiger partial charge is 0.246 e. The number of carbonyl (C=O) groups is 4. The first-order valence-electron chi connectivity index (χ1n) is 21.3. The number of β-amino-alcohol motifs (C(OH)–C–C–N with tert-alkyl or cyclic N) is 1. The number of aliphatic hydroxyl groups is 1. The number of carbonyl (C=O) groups excluding carboxylic acids is 4. The van der Waals surface area contributed by atoms with Crippen molar-refractivity contribution in [2.45, 2.75) is 98.5 Å². The molecule has 0 aliphatic carbocycles. The van der Waals surface area contributed by atoms with Gasteiger partial charge in [0.05, 0.1) is 34.3 Å². The summed E-state index contributed by atoms with van der Waals surface area (Å²) in [5.74, 6) is 0.400. The molecule has 2 aliphatic heterocycles. The van der Waals surface area contributed by atoms with Crippen LogP contribution in [0.15, 0.2) is 59.0 Å². The SMILES string of the molecule is Cc1ncsc1-c1ccc(CNC(=O)[C@@H]2C[C@@H](O)CN2C(=O)C(NC(=O)COCCCNC(=O)CC2N=C(c3ccc(Cl)cc3)c3c([nH]c(C)c3C)-n3c(C)nnc32)C(C)(C)C)cc1. The number of halogens is 1. The molecule has 1 fully saturated rings. The Morgan fingerprint density at radius 1 is 0.984 bits per heavy atom. The van der Waals surface area contributed by atoms with Gasteiger partial charge >= 0.3 is 0 Å². The van der Waals surface area contributed by atoms with Gasteiger partial charge in [0, 0.05) is 54.5 Å². The normalized spacial score (nSPS) is 17.5. The molecule has 0 radical (unpaired) electrons. The van der Waals surface area contributed by atoms with Crippen LogP contribution in [0.4, 0.5) is 0 Å². The molecule has 16 nitrogen and oxygen atoms in total. The third-order valence-corrected chi connectivity index (χ3v) is 12.8. The Hall–Kier alpha value is -5.75. The number of amides is 4. The van der Waals surface area contributed by atoms with Crippen molar-refractivity contribution >= 4 is 52.3 Å². The van der Waals surface area contributed by atoms with E-state index in [2.05, 4.69) is 36.1 Å². The first-order chi connectivity index (χ1) is 30.5. The Kier molecular flexibility index (Phi) is 14.1. The van der Waals surface area contributed by atoms with Crippen LogP contribution in [-0.4, -0.2) is 109 Å². The van der Waals surface area contributed by atoms with Gasteiger partial charge < -0.3 is 35.7 Å². The van der Waals surface area contributed by atoms with E-state index >= 15 is 0 Å². The molecule has 1 saturated heterocycles. The molecule has 2 aliphatic rings. The maximum atomic E-state index is 14.0. The zero-order valence-electron chi connectivity index (χ0n) is 37.1. The highest BCUT2D eigenvalue weighted by Crippen LogP contribution is 2.35. The highest BCUT2D eigenvalue weighted by Gasteiger charge is 2.44. The summed E-state index contributed by atoms with van der Waals surface area (Å²) in [6.45, 7) is 13.7. The number of fused-ring (bicyclic) bond motifs is 3. The van der Waals surface area contributed by atoms with Gasteiger partial charge in [-0.1, -0.05) is 68.8 Å². The number of thiazole rings is 1.